The summed E-state index contributed by atoms with van der Waals surface area (Å²) >= 11 is 0. The van der Waals surface area contributed by atoms with E-state index in [1.165, 1.54) is 18.3 Å². The van der Waals surface area contributed by atoms with E-state index in [0.29, 0.717) is 25.2 Å². The number of pyridine rings is 1. The summed E-state index contributed by atoms with van der Waals surface area (Å²) in [5.41, 5.74) is 2.72. The van der Waals surface area contributed by atoms with E-state index in [1.54, 1.807) is 0 Å². The van der Waals surface area contributed by atoms with Crippen LogP contribution in [0.25, 0.3) is 11.0 Å². The van der Waals surface area contributed by atoms with Gasteiger partial charge in [0.25, 0.3) is 0 Å². The first-order valence-electron chi connectivity index (χ1n) is 11.9. The molecule has 0 aliphatic carbocycles. The third-order valence-corrected chi connectivity index (χ3v) is 5.71. The Morgan fingerprint density at radius 1 is 0.944 bits per heavy atom. The van der Waals surface area contributed by atoms with Gasteiger partial charge in [-0.2, -0.15) is 0 Å². The van der Waals surface area contributed by atoms with Crippen molar-refractivity contribution in [3.63, 3.8) is 0 Å². The molecular weight excluding hydrogens is 459 g/mol. The zero-order valence-corrected chi connectivity index (χ0v) is 19.9. The Balaban J connectivity index is 1.26. The maximum Gasteiger partial charge on any atom is 0.315 e. The zero-order valence-electron chi connectivity index (χ0n) is 19.9. The summed E-state index contributed by atoms with van der Waals surface area (Å²) in [6, 6.07) is 19.5. The van der Waals surface area contributed by atoms with Crippen LogP contribution in [0.2, 0.25) is 0 Å². The number of nitrogens with zero attached hydrogens (tertiary/aromatic N) is 3. The summed E-state index contributed by atoms with van der Waals surface area (Å²) in [5, 5.41) is 5.39. The van der Waals surface area contributed by atoms with Crippen LogP contribution in [0.15, 0.2) is 72.9 Å². The Hall–Kier alpha value is -4.11. The van der Waals surface area contributed by atoms with Gasteiger partial charge >= 0.3 is 6.03 Å². The van der Waals surface area contributed by atoms with Crippen molar-refractivity contribution in [3.8, 4) is 0 Å². The summed E-state index contributed by atoms with van der Waals surface area (Å²) in [7, 11) is 0. The number of nitrogens with one attached hydrogen (secondary N) is 3. The molecule has 0 aliphatic heterocycles. The maximum atomic E-state index is 13.6. The first-order chi connectivity index (χ1) is 17.6. The van der Waals surface area contributed by atoms with Gasteiger partial charge in [-0.15, -0.1) is 0 Å². The van der Waals surface area contributed by atoms with Crippen molar-refractivity contribution < 1.29 is 14.0 Å². The molecule has 8 nitrogen and oxygen atoms in total. The molecule has 3 N–H and O–H groups in total. The van der Waals surface area contributed by atoms with Crippen LogP contribution < -0.4 is 10.6 Å². The second kappa shape index (κ2) is 12.6. The van der Waals surface area contributed by atoms with Crippen LogP contribution in [0.4, 0.5) is 9.18 Å². The number of aromatic amines is 1. The number of halogens is 1. The average molecular weight is 489 g/mol. The number of aromatic nitrogens is 3. The van der Waals surface area contributed by atoms with Gasteiger partial charge in [0.2, 0.25) is 0 Å². The van der Waals surface area contributed by atoms with Crippen LogP contribution in [0.1, 0.15) is 34.7 Å². The molecule has 0 saturated heterocycles. The number of ketones is 1. The number of Topliss-reactive ketones (excluding diaryl/α,β-unsaturated/α-hetero) is 1. The number of carbonyl (C=O) groups excluding carboxylic acids is 2. The Kier molecular flexibility index (Phi) is 8.72. The highest BCUT2D eigenvalue weighted by atomic mass is 19.1. The number of unbranched alkanes of at least 4 members (excludes halogenated alkanes) is 1. The van der Waals surface area contributed by atoms with Crippen molar-refractivity contribution in [2.24, 2.45) is 0 Å². The fourth-order valence-corrected chi connectivity index (χ4v) is 3.86. The lowest BCUT2D eigenvalue weighted by Crippen LogP contribution is -2.36. The first-order valence-corrected chi connectivity index (χ1v) is 11.9. The number of carbonyl (C=O) groups is 2. The van der Waals surface area contributed by atoms with Crippen molar-refractivity contribution >= 4 is 22.8 Å². The minimum atomic E-state index is -0.451. The zero-order chi connectivity index (χ0) is 25.2. The lowest BCUT2D eigenvalue weighted by atomic mass is 10.1. The minimum absolute atomic E-state index is 0.0192. The number of rotatable bonds is 12. The molecule has 0 atom stereocenters. The number of urea groups is 1. The Bertz CT molecular complexity index is 1260. The van der Waals surface area contributed by atoms with E-state index in [2.05, 4.69) is 30.5 Å². The van der Waals surface area contributed by atoms with Gasteiger partial charge in [0, 0.05) is 18.3 Å². The highest BCUT2D eigenvalue weighted by Crippen LogP contribution is 2.13. The predicted octanol–water partition coefficient (Wildman–Crippen LogP) is 4.06. The maximum absolute atomic E-state index is 13.6. The number of hydrogen-bond acceptors (Lipinski definition) is 5. The number of amides is 2. The van der Waals surface area contributed by atoms with E-state index < -0.39 is 5.82 Å². The standard InChI is InChI=1S/C27H29FN6O2/c28-21-11-8-15-29-24(21)17-31-27(36)30-14-6-7-16-34(18-25(35)20-9-2-1-3-10-20)19-26-32-22-12-4-5-13-23(22)33-26/h1-5,8-13,15H,6-7,14,16-19H2,(H,32,33)(H2,30,31,36). The summed E-state index contributed by atoms with van der Waals surface area (Å²) in [5.74, 6) is 0.398. The van der Waals surface area contributed by atoms with Crippen molar-refractivity contribution in [1.29, 1.82) is 0 Å². The summed E-state index contributed by atoms with van der Waals surface area (Å²) in [4.78, 5) is 38.8. The first kappa shape index (κ1) is 25.0. The molecule has 0 spiro atoms. The molecule has 0 aliphatic rings. The highest BCUT2D eigenvalue weighted by Gasteiger charge is 2.15. The molecular formula is C27H29FN6O2. The van der Waals surface area contributed by atoms with Gasteiger partial charge in [-0.05, 0) is 43.7 Å². The Morgan fingerprint density at radius 3 is 2.56 bits per heavy atom. The highest BCUT2D eigenvalue weighted by molar-refractivity contribution is 5.97. The molecule has 4 rings (SSSR count). The van der Waals surface area contributed by atoms with Crippen molar-refractivity contribution in [2.45, 2.75) is 25.9 Å². The summed E-state index contributed by atoms with van der Waals surface area (Å²) in [6.07, 6.45) is 2.98. The minimum Gasteiger partial charge on any atom is -0.341 e. The van der Waals surface area contributed by atoms with Gasteiger partial charge in [0.15, 0.2) is 5.78 Å². The summed E-state index contributed by atoms with van der Waals surface area (Å²) in [6.45, 7) is 1.92. The number of benzene rings is 2. The summed E-state index contributed by atoms with van der Waals surface area (Å²) < 4.78 is 13.6. The molecule has 2 amide bonds. The van der Waals surface area contributed by atoms with Crippen LogP contribution in [0.3, 0.4) is 0 Å². The van der Waals surface area contributed by atoms with Crippen LogP contribution in [0, 0.1) is 5.82 Å². The number of imidazole rings is 1. The topological polar surface area (TPSA) is 103 Å². The molecule has 0 saturated carbocycles. The second-order valence-corrected chi connectivity index (χ2v) is 8.45. The van der Waals surface area contributed by atoms with Crippen molar-refractivity contribution in [2.75, 3.05) is 19.6 Å². The predicted molar refractivity (Wildman–Crippen MR) is 136 cm³/mol. The number of H-pyrrole nitrogens is 1. The van der Waals surface area contributed by atoms with E-state index in [-0.39, 0.29) is 30.6 Å². The van der Waals surface area contributed by atoms with Gasteiger partial charge < -0.3 is 15.6 Å². The number of para-hydroxylation sites is 2. The van der Waals surface area contributed by atoms with Gasteiger partial charge in [-0.1, -0.05) is 42.5 Å². The van der Waals surface area contributed by atoms with Crippen LogP contribution in [-0.2, 0) is 13.1 Å². The van der Waals surface area contributed by atoms with Gasteiger partial charge in [0.05, 0.1) is 36.4 Å². The second-order valence-electron chi connectivity index (χ2n) is 8.45. The molecule has 36 heavy (non-hydrogen) atoms. The SMILES string of the molecule is O=C(NCCCCN(CC(=O)c1ccccc1)Cc1nc2ccccc2[nH]1)NCc1ncccc1F. The van der Waals surface area contributed by atoms with Crippen LogP contribution >= 0.6 is 0 Å². The molecule has 0 radical (unpaired) electrons. The van der Waals surface area contributed by atoms with Crippen molar-refractivity contribution in [1.82, 2.24) is 30.5 Å². The normalized spacial score (nSPS) is 11.1. The van der Waals surface area contributed by atoms with Gasteiger partial charge in [-0.3, -0.25) is 14.7 Å². The number of hydrogen-bond donors (Lipinski definition) is 3. The Labute approximate surface area is 209 Å². The third kappa shape index (κ3) is 7.19. The van der Waals surface area contributed by atoms with Crippen molar-refractivity contribution in [3.05, 3.63) is 95.8 Å². The lowest BCUT2D eigenvalue weighted by molar-refractivity contribution is 0.0922. The molecule has 0 unspecified atom stereocenters. The third-order valence-electron chi connectivity index (χ3n) is 5.71. The van der Waals surface area contributed by atoms with Crippen LogP contribution in [-0.4, -0.2) is 51.3 Å². The van der Waals surface area contributed by atoms with Gasteiger partial charge in [0.1, 0.15) is 11.6 Å². The molecule has 2 heterocycles. The van der Waals surface area contributed by atoms with Crippen LogP contribution in [0.5, 0.6) is 0 Å². The molecule has 2 aromatic carbocycles. The molecule has 4 aromatic rings. The molecule has 186 valence electrons. The molecule has 2 aromatic heterocycles. The van der Waals surface area contributed by atoms with E-state index in [9.17, 15) is 14.0 Å². The van der Waals surface area contributed by atoms with Gasteiger partial charge in [-0.25, -0.2) is 14.2 Å². The number of fused-ring (bicyclic) bond motifs is 1. The fraction of sp³-hybridized carbons (Fsp3) is 0.259. The molecule has 9 heteroatoms. The Morgan fingerprint density at radius 2 is 1.75 bits per heavy atom. The van der Waals surface area contributed by atoms with E-state index in [4.69, 9.17) is 0 Å². The largest absolute Gasteiger partial charge is 0.341 e. The van der Waals surface area contributed by atoms with E-state index in [0.717, 1.165) is 29.7 Å². The average Bonchev–Trinajstić information content (AvgIpc) is 3.30. The lowest BCUT2D eigenvalue weighted by Gasteiger charge is -2.20. The van der Waals surface area contributed by atoms with E-state index in [1.807, 2.05) is 54.6 Å². The quantitative estimate of drug-likeness (QED) is 0.206. The molecule has 0 bridgehead atoms. The van der Waals surface area contributed by atoms with E-state index >= 15 is 0 Å². The fourth-order valence-electron chi connectivity index (χ4n) is 3.86. The monoisotopic (exact) mass is 488 g/mol. The molecule has 0 fully saturated rings. The smallest absolute Gasteiger partial charge is 0.315 e.